The first-order chi connectivity index (χ1) is 18.8. The Balaban J connectivity index is 1.81. The number of nitro benzene ring substituents is 1. The summed E-state index contributed by atoms with van der Waals surface area (Å²) in [5, 5.41) is 22.7. The molecule has 13 heteroatoms. The summed E-state index contributed by atoms with van der Waals surface area (Å²) in [7, 11) is 1.18. The molecular formula is C26H37FN6O6. The summed E-state index contributed by atoms with van der Waals surface area (Å²) >= 11 is 0. The zero-order valence-corrected chi connectivity index (χ0v) is 22.1. The molecule has 39 heavy (non-hydrogen) atoms. The maximum absolute atomic E-state index is 14.7. The standard InChI is InChI=1S/C26H37FN6O6/c1-38-25(34)21-16-24(31-15-5-14-30-12-3-2-11-29-13-4-10-28)22(27)17-23(21)32-26(35)39-18-19-6-8-20(9-7-19)33(36)37/h6-9,16-17,29-31H,2-5,10-15,18,28H2,1H3,(H,32,35). The largest absolute Gasteiger partial charge is 0.465 e. The first-order valence-corrected chi connectivity index (χ1v) is 12.8. The van der Waals surface area contributed by atoms with E-state index in [-0.39, 0.29) is 29.2 Å². The van der Waals surface area contributed by atoms with E-state index in [2.05, 4.69) is 21.3 Å². The van der Waals surface area contributed by atoms with Crippen molar-refractivity contribution in [3.05, 3.63) is 63.5 Å². The van der Waals surface area contributed by atoms with Crippen molar-refractivity contribution >= 4 is 29.1 Å². The van der Waals surface area contributed by atoms with Crippen LogP contribution in [0.3, 0.4) is 0 Å². The van der Waals surface area contributed by atoms with Gasteiger partial charge in [-0.2, -0.15) is 0 Å². The van der Waals surface area contributed by atoms with Gasteiger partial charge in [-0.05, 0) is 82.2 Å². The third kappa shape index (κ3) is 11.6. The van der Waals surface area contributed by atoms with E-state index in [0.717, 1.165) is 57.9 Å². The number of rotatable bonds is 18. The number of methoxy groups -OCH3 is 1. The second kappa shape index (κ2) is 17.7. The van der Waals surface area contributed by atoms with Crippen molar-refractivity contribution in [2.45, 2.75) is 32.3 Å². The summed E-state index contributed by atoms with van der Waals surface area (Å²) in [6.07, 6.45) is 2.89. The SMILES string of the molecule is COC(=O)c1cc(NCCCNCCCCNCCCN)c(F)cc1NC(=O)OCc1ccc([N+](=O)[O-])cc1. The third-order valence-electron chi connectivity index (χ3n) is 5.63. The van der Waals surface area contributed by atoms with Gasteiger partial charge in [0.15, 0.2) is 0 Å². The number of esters is 1. The Labute approximate surface area is 227 Å². The molecule has 2 rings (SSSR count). The highest BCUT2D eigenvalue weighted by molar-refractivity contribution is 6.00. The molecule has 2 aromatic rings. The van der Waals surface area contributed by atoms with Crippen molar-refractivity contribution in [1.82, 2.24) is 10.6 Å². The molecule has 2 aromatic carbocycles. The molecule has 0 spiro atoms. The number of ether oxygens (including phenoxy) is 2. The van der Waals surface area contributed by atoms with Crippen LogP contribution in [-0.2, 0) is 16.1 Å². The molecule has 0 bridgehead atoms. The van der Waals surface area contributed by atoms with Crippen LogP contribution >= 0.6 is 0 Å². The number of anilines is 2. The van der Waals surface area contributed by atoms with Crippen LogP contribution in [0.2, 0.25) is 0 Å². The van der Waals surface area contributed by atoms with Crippen LogP contribution in [-0.4, -0.2) is 63.4 Å². The van der Waals surface area contributed by atoms with Crippen LogP contribution in [0.25, 0.3) is 0 Å². The number of nitrogens with zero attached hydrogens (tertiary/aromatic N) is 1. The van der Waals surface area contributed by atoms with Crippen molar-refractivity contribution in [1.29, 1.82) is 0 Å². The predicted molar refractivity (Wildman–Crippen MR) is 146 cm³/mol. The number of amides is 1. The Morgan fingerprint density at radius 1 is 0.949 bits per heavy atom. The second-order valence-corrected chi connectivity index (χ2v) is 8.62. The molecule has 0 aliphatic heterocycles. The Hall–Kier alpha value is -3.81. The van der Waals surface area contributed by atoms with E-state index in [9.17, 15) is 24.1 Å². The summed E-state index contributed by atoms with van der Waals surface area (Å²) in [6, 6.07) is 7.76. The Morgan fingerprint density at radius 3 is 2.21 bits per heavy atom. The lowest BCUT2D eigenvalue weighted by Gasteiger charge is -2.14. The zero-order valence-electron chi connectivity index (χ0n) is 22.1. The van der Waals surface area contributed by atoms with Gasteiger partial charge >= 0.3 is 12.1 Å². The quantitative estimate of drug-likeness (QED) is 0.0805. The lowest BCUT2D eigenvalue weighted by Crippen LogP contribution is -2.22. The van der Waals surface area contributed by atoms with Crippen molar-refractivity contribution in [3.8, 4) is 0 Å². The highest BCUT2D eigenvalue weighted by atomic mass is 19.1. The number of benzene rings is 2. The molecule has 0 atom stereocenters. The van der Waals surface area contributed by atoms with Crippen LogP contribution in [0.1, 0.15) is 41.6 Å². The highest BCUT2D eigenvalue weighted by Crippen LogP contribution is 2.26. The molecule has 0 saturated heterocycles. The predicted octanol–water partition coefficient (Wildman–Crippen LogP) is 3.38. The summed E-state index contributed by atoms with van der Waals surface area (Å²) in [6.45, 7) is 4.52. The lowest BCUT2D eigenvalue weighted by molar-refractivity contribution is -0.384. The van der Waals surface area contributed by atoms with Gasteiger partial charge in [-0.15, -0.1) is 0 Å². The Bertz CT molecular complexity index is 1070. The molecule has 0 radical (unpaired) electrons. The van der Waals surface area contributed by atoms with Crippen LogP contribution in [0, 0.1) is 15.9 Å². The molecule has 0 heterocycles. The number of carbonyl (C=O) groups is 2. The highest BCUT2D eigenvalue weighted by Gasteiger charge is 2.19. The van der Waals surface area contributed by atoms with E-state index in [0.29, 0.717) is 18.7 Å². The Morgan fingerprint density at radius 2 is 1.59 bits per heavy atom. The summed E-state index contributed by atoms with van der Waals surface area (Å²) in [5.41, 5.74) is 5.81. The fourth-order valence-electron chi connectivity index (χ4n) is 3.51. The zero-order chi connectivity index (χ0) is 28.5. The van der Waals surface area contributed by atoms with E-state index in [1.165, 1.54) is 37.4 Å². The third-order valence-corrected chi connectivity index (χ3v) is 5.63. The lowest BCUT2D eigenvalue weighted by atomic mass is 10.1. The van der Waals surface area contributed by atoms with Gasteiger partial charge in [0.05, 0.1) is 29.0 Å². The number of nitro groups is 1. The number of carbonyl (C=O) groups excluding carboxylic acids is 2. The summed E-state index contributed by atoms with van der Waals surface area (Å²) in [4.78, 5) is 34.8. The van der Waals surface area contributed by atoms with Crippen LogP contribution in [0.4, 0.5) is 26.2 Å². The average molecular weight is 549 g/mol. The molecule has 214 valence electrons. The minimum atomic E-state index is -0.934. The van der Waals surface area contributed by atoms with Gasteiger partial charge in [-0.25, -0.2) is 14.0 Å². The van der Waals surface area contributed by atoms with Crippen molar-refractivity contribution in [3.63, 3.8) is 0 Å². The number of non-ortho nitro benzene ring substituents is 1. The van der Waals surface area contributed by atoms with Crippen LogP contribution < -0.4 is 27.0 Å². The minimum absolute atomic E-state index is 0.0492. The van der Waals surface area contributed by atoms with Crippen molar-refractivity contribution in [2.75, 3.05) is 57.0 Å². The Kier molecular flexibility index (Phi) is 14.2. The van der Waals surface area contributed by atoms with Crippen LogP contribution in [0.5, 0.6) is 0 Å². The van der Waals surface area contributed by atoms with Crippen LogP contribution in [0.15, 0.2) is 36.4 Å². The number of hydrogen-bond donors (Lipinski definition) is 5. The fourth-order valence-corrected chi connectivity index (χ4v) is 3.51. The van der Waals surface area contributed by atoms with Gasteiger partial charge in [-0.3, -0.25) is 15.4 Å². The number of halogens is 1. The molecular weight excluding hydrogens is 511 g/mol. The number of unbranched alkanes of at least 4 members (excludes halogenated alkanes) is 1. The smallest absolute Gasteiger partial charge is 0.411 e. The maximum Gasteiger partial charge on any atom is 0.411 e. The average Bonchev–Trinajstić information content (AvgIpc) is 2.93. The normalized spacial score (nSPS) is 10.6. The van der Waals surface area contributed by atoms with E-state index in [1.54, 1.807) is 0 Å². The van der Waals surface area contributed by atoms with Gasteiger partial charge in [-0.1, -0.05) is 0 Å². The van der Waals surface area contributed by atoms with Gasteiger partial charge in [0, 0.05) is 24.7 Å². The van der Waals surface area contributed by atoms with Gasteiger partial charge < -0.3 is 31.2 Å². The van der Waals surface area contributed by atoms with Gasteiger partial charge in [0.2, 0.25) is 0 Å². The van der Waals surface area contributed by atoms with E-state index in [4.69, 9.17) is 15.2 Å². The molecule has 12 nitrogen and oxygen atoms in total. The van der Waals surface area contributed by atoms with Crippen molar-refractivity contribution < 1.29 is 28.4 Å². The minimum Gasteiger partial charge on any atom is -0.465 e. The molecule has 0 fully saturated rings. The number of nitrogens with two attached hydrogens (primary N) is 1. The molecule has 0 saturated carbocycles. The molecule has 0 aliphatic carbocycles. The molecule has 0 unspecified atom stereocenters. The topological polar surface area (TPSA) is 170 Å². The monoisotopic (exact) mass is 548 g/mol. The summed E-state index contributed by atoms with van der Waals surface area (Å²) < 4.78 is 24.6. The number of hydrogen-bond acceptors (Lipinski definition) is 10. The van der Waals surface area contributed by atoms with Crippen molar-refractivity contribution in [2.24, 2.45) is 5.73 Å². The number of nitrogens with one attached hydrogen (secondary N) is 4. The van der Waals surface area contributed by atoms with E-state index >= 15 is 0 Å². The van der Waals surface area contributed by atoms with Gasteiger partial charge in [0.25, 0.3) is 5.69 Å². The second-order valence-electron chi connectivity index (χ2n) is 8.62. The molecule has 6 N–H and O–H groups in total. The molecule has 0 aromatic heterocycles. The van der Waals surface area contributed by atoms with E-state index < -0.39 is 22.8 Å². The fraction of sp³-hybridized carbons (Fsp3) is 0.462. The first kappa shape index (κ1) is 31.4. The van der Waals surface area contributed by atoms with E-state index in [1.807, 2.05) is 0 Å². The molecule has 0 aliphatic rings. The summed E-state index contributed by atoms with van der Waals surface area (Å²) in [5.74, 6) is -1.42. The van der Waals surface area contributed by atoms with Gasteiger partial charge in [0.1, 0.15) is 12.4 Å². The maximum atomic E-state index is 14.7. The first-order valence-electron chi connectivity index (χ1n) is 12.8. The molecule has 1 amide bonds.